The molecule has 24 heavy (non-hydrogen) atoms. The molecule has 6 nitrogen and oxygen atoms in total. The predicted molar refractivity (Wildman–Crippen MR) is 91.9 cm³/mol. The Bertz CT molecular complexity index is 641. The first-order chi connectivity index (χ1) is 11.6. The summed E-state index contributed by atoms with van der Waals surface area (Å²) in [5, 5.41) is 4.25. The summed E-state index contributed by atoms with van der Waals surface area (Å²) in [5.74, 6) is 1.87. The van der Waals surface area contributed by atoms with Gasteiger partial charge in [0.15, 0.2) is 0 Å². The van der Waals surface area contributed by atoms with Crippen LogP contribution in [0.5, 0.6) is 5.75 Å². The van der Waals surface area contributed by atoms with Crippen molar-refractivity contribution in [2.45, 2.75) is 45.6 Å². The molecule has 130 valence electrons. The molecule has 1 aliphatic heterocycles. The van der Waals surface area contributed by atoms with Crippen LogP contribution in [-0.4, -0.2) is 51.1 Å². The number of rotatable bonds is 6. The zero-order valence-electron chi connectivity index (χ0n) is 14.7. The van der Waals surface area contributed by atoms with Gasteiger partial charge in [0, 0.05) is 19.6 Å². The van der Waals surface area contributed by atoms with Crippen molar-refractivity contribution >= 4 is 0 Å². The molecule has 1 atom stereocenters. The normalized spacial score (nSPS) is 20.9. The molecule has 3 rings (SSSR count). The van der Waals surface area contributed by atoms with E-state index in [0.717, 1.165) is 37.8 Å². The maximum Gasteiger partial charge on any atom is 0.140 e. The number of morpholine rings is 1. The second-order valence-electron chi connectivity index (χ2n) is 6.79. The molecular weight excluding hydrogens is 304 g/mol. The van der Waals surface area contributed by atoms with E-state index in [9.17, 15) is 0 Å². The van der Waals surface area contributed by atoms with Crippen LogP contribution in [0.2, 0.25) is 0 Å². The molecule has 0 unspecified atom stereocenters. The average molecular weight is 330 g/mol. The summed E-state index contributed by atoms with van der Waals surface area (Å²) in [5.41, 5.74) is -0.208. The van der Waals surface area contributed by atoms with Gasteiger partial charge in [-0.05, 0) is 32.9 Å². The zero-order valence-corrected chi connectivity index (χ0v) is 14.7. The highest BCUT2D eigenvalue weighted by Gasteiger charge is 2.34. The Kier molecular flexibility index (Phi) is 5.16. The van der Waals surface area contributed by atoms with Crippen molar-refractivity contribution in [1.82, 2.24) is 19.7 Å². The highest BCUT2D eigenvalue weighted by molar-refractivity contribution is 5.20. The summed E-state index contributed by atoms with van der Waals surface area (Å²) in [7, 11) is 0. The van der Waals surface area contributed by atoms with Gasteiger partial charge < -0.3 is 9.47 Å². The Balaban J connectivity index is 1.61. The van der Waals surface area contributed by atoms with E-state index in [0.29, 0.717) is 6.61 Å². The highest BCUT2D eigenvalue weighted by atomic mass is 16.5. The molecule has 1 aromatic heterocycles. The van der Waals surface area contributed by atoms with E-state index < -0.39 is 0 Å². The van der Waals surface area contributed by atoms with Crippen LogP contribution >= 0.6 is 0 Å². The van der Waals surface area contributed by atoms with E-state index >= 15 is 0 Å². The molecule has 1 aromatic carbocycles. The molecule has 2 heterocycles. The Morgan fingerprint density at radius 2 is 2.08 bits per heavy atom. The molecule has 1 saturated heterocycles. The van der Waals surface area contributed by atoms with Crippen molar-refractivity contribution < 1.29 is 9.47 Å². The maximum absolute atomic E-state index is 6.19. The SMILES string of the molecule is CCn1ncnc1CN1C[C@@H](COc2ccccc2)OC(C)(C)C1. The van der Waals surface area contributed by atoms with Crippen LogP contribution in [0.3, 0.4) is 0 Å². The van der Waals surface area contributed by atoms with Crippen LogP contribution in [0.15, 0.2) is 36.7 Å². The molecule has 0 aliphatic carbocycles. The molecule has 0 radical (unpaired) electrons. The molecule has 0 bridgehead atoms. The molecule has 6 heteroatoms. The van der Waals surface area contributed by atoms with Crippen molar-refractivity contribution in [1.29, 1.82) is 0 Å². The zero-order chi connectivity index (χ0) is 17.0. The minimum atomic E-state index is -0.208. The van der Waals surface area contributed by atoms with Crippen LogP contribution in [-0.2, 0) is 17.8 Å². The first-order valence-corrected chi connectivity index (χ1v) is 8.50. The van der Waals surface area contributed by atoms with Crippen molar-refractivity contribution in [3.05, 3.63) is 42.5 Å². The second kappa shape index (κ2) is 7.32. The molecule has 0 N–H and O–H groups in total. The van der Waals surface area contributed by atoms with Crippen molar-refractivity contribution in [3.63, 3.8) is 0 Å². The Hall–Kier alpha value is -1.92. The van der Waals surface area contributed by atoms with Crippen molar-refractivity contribution in [2.75, 3.05) is 19.7 Å². The number of hydrogen-bond acceptors (Lipinski definition) is 5. The number of nitrogens with zero attached hydrogens (tertiary/aromatic N) is 4. The standard InChI is InChI=1S/C18H26N4O2/c1-4-22-17(19-14-20-22)11-21-10-16(24-18(2,3)13-21)12-23-15-8-6-5-7-9-15/h5-9,14,16H,4,10-13H2,1-3H3/t16-/m0/s1. The summed E-state index contributed by atoms with van der Waals surface area (Å²) in [6.45, 7) is 10.2. The summed E-state index contributed by atoms with van der Waals surface area (Å²) in [6.07, 6.45) is 1.66. The number of benzene rings is 1. The molecular formula is C18H26N4O2. The molecule has 2 aromatic rings. The highest BCUT2D eigenvalue weighted by Crippen LogP contribution is 2.23. The minimum absolute atomic E-state index is 0.0342. The number of aromatic nitrogens is 3. The molecule has 0 amide bonds. The first-order valence-electron chi connectivity index (χ1n) is 8.50. The topological polar surface area (TPSA) is 52.4 Å². The smallest absolute Gasteiger partial charge is 0.140 e. The fourth-order valence-electron chi connectivity index (χ4n) is 3.20. The third kappa shape index (κ3) is 4.33. The largest absolute Gasteiger partial charge is 0.491 e. The number of aryl methyl sites for hydroxylation is 1. The van der Waals surface area contributed by atoms with Crippen LogP contribution in [0, 0.1) is 0 Å². The summed E-state index contributed by atoms with van der Waals surface area (Å²) in [4.78, 5) is 6.76. The van der Waals surface area contributed by atoms with E-state index in [1.54, 1.807) is 6.33 Å². The fourth-order valence-corrected chi connectivity index (χ4v) is 3.20. The fraction of sp³-hybridized carbons (Fsp3) is 0.556. The third-order valence-corrected chi connectivity index (χ3v) is 4.09. The minimum Gasteiger partial charge on any atom is -0.491 e. The predicted octanol–water partition coefficient (Wildman–Crippen LogP) is 2.36. The van der Waals surface area contributed by atoms with Gasteiger partial charge in [-0.15, -0.1) is 0 Å². The van der Waals surface area contributed by atoms with Gasteiger partial charge in [0.2, 0.25) is 0 Å². The van der Waals surface area contributed by atoms with E-state index in [1.165, 1.54) is 0 Å². The lowest BCUT2D eigenvalue weighted by Crippen LogP contribution is -2.54. The number of hydrogen-bond donors (Lipinski definition) is 0. The van der Waals surface area contributed by atoms with Gasteiger partial charge in [0.1, 0.15) is 30.6 Å². The van der Waals surface area contributed by atoms with E-state index in [1.807, 2.05) is 35.0 Å². The van der Waals surface area contributed by atoms with Gasteiger partial charge in [-0.2, -0.15) is 5.10 Å². The molecule has 1 aliphatic rings. The second-order valence-corrected chi connectivity index (χ2v) is 6.79. The van der Waals surface area contributed by atoms with E-state index in [-0.39, 0.29) is 11.7 Å². The quantitative estimate of drug-likeness (QED) is 0.814. The Morgan fingerprint density at radius 1 is 1.29 bits per heavy atom. The van der Waals surface area contributed by atoms with Crippen molar-refractivity contribution in [3.8, 4) is 5.75 Å². The Morgan fingerprint density at radius 3 is 2.83 bits per heavy atom. The van der Waals surface area contributed by atoms with Gasteiger partial charge in [-0.25, -0.2) is 9.67 Å². The lowest BCUT2D eigenvalue weighted by atomic mass is 10.1. The average Bonchev–Trinajstić information content (AvgIpc) is 2.99. The molecule has 1 fully saturated rings. The molecule has 0 spiro atoms. The van der Waals surface area contributed by atoms with Gasteiger partial charge in [0.05, 0.1) is 12.1 Å². The van der Waals surface area contributed by atoms with E-state index in [2.05, 4.69) is 35.8 Å². The number of para-hydroxylation sites is 1. The van der Waals surface area contributed by atoms with E-state index in [4.69, 9.17) is 9.47 Å². The van der Waals surface area contributed by atoms with Crippen LogP contribution < -0.4 is 4.74 Å². The van der Waals surface area contributed by atoms with Gasteiger partial charge in [-0.3, -0.25) is 4.90 Å². The summed E-state index contributed by atoms with van der Waals surface area (Å²) >= 11 is 0. The van der Waals surface area contributed by atoms with Crippen LogP contribution in [0.25, 0.3) is 0 Å². The van der Waals surface area contributed by atoms with Gasteiger partial charge in [0.25, 0.3) is 0 Å². The third-order valence-electron chi connectivity index (χ3n) is 4.09. The maximum atomic E-state index is 6.19. The molecule has 0 saturated carbocycles. The monoisotopic (exact) mass is 330 g/mol. The lowest BCUT2D eigenvalue weighted by molar-refractivity contribution is -0.148. The van der Waals surface area contributed by atoms with Crippen LogP contribution in [0.4, 0.5) is 0 Å². The number of ether oxygens (including phenoxy) is 2. The van der Waals surface area contributed by atoms with Crippen molar-refractivity contribution in [2.24, 2.45) is 0 Å². The lowest BCUT2D eigenvalue weighted by Gasteiger charge is -2.42. The first kappa shape index (κ1) is 16.9. The van der Waals surface area contributed by atoms with Gasteiger partial charge in [-0.1, -0.05) is 18.2 Å². The summed E-state index contributed by atoms with van der Waals surface area (Å²) in [6, 6.07) is 9.87. The van der Waals surface area contributed by atoms with Gasteiger partial charge >= 0.3 is 0 Å². The Labute approximate surface area is 143 Å². The van der Waals surface area contributed by atoms with Crippen LogP contribution in [0.1, 0.15) is 26.6 Å². The summed E-state index contributed by atoms with van der Waals surface area (Å²) < 4.78 is 14.0.